The molecule has 3 aliphatic rings. The molecule has 184 valence electrons. The fourth-order valence-corrected chi connectivity index (χ4v) is 4.02. The van der Waals surface area contributed by atoms with Crippen molar-refractivity contribution in [1.29, 1.82) is 0 Å². The number of aliphatic carboxylic acids is 1. The lowest BCUT2D eigenvalue weighted by atomic mass is 10.1. The average Bonchev–Trinajstić information content (AvgIpc) is 3.54. The maximum Gasteiger partial charge on any atom is 0.414 e. The summed E-state index contributed by atoms with van der Waals surface area (Å²) in [6.07, 6.45) is -0.999. The van der Waals surface area contributed by atoms with Crippen LogP contribution in [0.1, 0.15) is 19.8 Å². The summed E-state index contributed by atoms with van der Waals surface area (Å²) in [5.74, 6) is -4.02. The van der Waals surface area contributed by atoms with Crippen molar-refractivity contribution in [2.45, 2.75) is 25.9 Å². The van der Waals surface area contributed by atoms with E-state index in [-0.39, 0.29) is 69.5 Å². The molecule has 2 saturated heterocycles. The van der Waals surface area contributed by atoms with Gasteiger partial charge in [0.1, 0.15) is 17.2 Å². The Kier molecular flexibility index (Phi) is 6.30. The number of nitrogens with one attached hydrogen (secondary N) is 1. The van der Waals surface area contributed by atoms with Gasteiger partial charge in [-0.2, -0.15) is 0 Å². The van der Waals surface area contributed by atoms with E-state index in [1.807, 2.05) is 0 Å². The van der Waals surface area contributed by atoms with Crippen molar-refractivity contribution < 1.29 is 42.6 Å². The van der Waals surface area contributed by atoms with Crippen molar-refractivity contribution >= 4 is 35.3 Å². The Hall–Kier alpha value is -3.48. The van der Waals surface area contributed by atoms with Gasteiger partial charge >= 0.3 is 12.1 Å². The molecule has 1 aromatic carbocycles. The first kappa shape index (κ1) is 23.7. The van der Waals surface area contributed by atoms with Crippen LogP contribution in [0.4, 0.5) is 25.0 Å². The normalized spacial score (nSPS) is 21.7. The first-order valence-electron chi connectivity index (χ1n) is 10.8. The Morgan fingerprint density at radius 3 is 2.44 bits per heavy atom. The molecule has 0 bridgehead atoms. The Morgan fingerprint density at radius 2 is 1.85 bits per heavy atom. The third-order valence-corrected chi connectivity index (χ3v) is 6.06. The Labute approximate surface area is 193 Å². The highest BCUT2D eigenvalue weighted by Crippen LogP contribution is 2.47. The summed E-state index contributed by atoms with van der Waals surface area (Å²) >= 11 is 0. The second-order valence-corrected chi connectivity index (χ2v) is 8.43. The molecule has 1 aliphatic carbocycles. The number of ether oxygens (including phenoxy) is 1. The lowest BCUT2D eigenvalue weighted by Gasteiger charge is -2.25. The summed E-state index contributed by atoms with van der Waals surface area (Å²) in [6, 6.07) is 2.03. The van der Waals surface area contributed by atoms with Crippen LogP contribution >= 0.6 is 0 Å². The van der Waals surface area contributed by atoms with E-state index in [0.29, 0.717) is 0 Å². The number of cyclic esters (lactones) is 1. The maximum absolute atomic E-state index is 15.0. The molecule has 3 fully saturated rings. The lowest BCUT2D eigenvalue weighted by Crippen LogP contribution is -2.42. The molecule has 0 radical (unpaired) electrons. The van der Waals surface area contributed by atoms with E-state index in [4.69, 9.17) is 9.57 Å². The van der Waals surface area contributed by atoms with Crippen molar-refractivity contribution in [2.75, 3.05) is 49.1 Å². The third kappa shape index (κ3) is 4.47. The molecule has 0 unspecified atom stereocenters. The predicted octanol–water partition coefficient (Wildman–Crippen LogP) is 0.871. The van der Waals surface area contributed by atoms with Gasteiger partial charge in [-0.3, -0.25) is 24.1 Å². The van der Waals surface area contributed by atoms with Crippen LogP contribution < -0.4 is 15.1 Å². The monoisotopic (exact) mass is 482 g/mol. The highest BCUT2D eigenvalue weighted by atomic mass is 19.1. The summed E-state index contributed by atoms with van der Waals surface area (Å²) in [5, 5.41) is 12.8. The number of carbonyl (C=O) groups is 4. The SMILES string of the molecule is CC(=O)NC[C@H]1CN(c2cc(F)c(N3CCON(C(=O)C4(C(=O)O)CC4)CC3)c(F)c2)C(=O)O1. The zero-order chi connectivity index (χ0) is 24.6. The number of carbonyl (C=O) groups excluding carboxylic acids is 3. The van der Waals surface area contributed by atoms with E-state index in [1.54, 1.807) is 0 Å². The van der Waals surface area contributed by atoms with Gasteiger partial charge in [-0.15, -0.1) is 0 Å². The van der Waals surface area contributed by atoms with Crippen LogP contribution in [0.5, 0.6) is 0 Å². The topological polar surface area (TPSA) is 129 Å². The van der Waals surface area contributed by atoms with Gasteiger partial charge in [-0.25, -0.2) is 18.6 Å². The van der Waals surface area contributed by atoms with Gasteiger partial charge in [0, 0.05) is 32.1 Å². The van der Waals surface area contributed by atoms with Crippen LogP contribution in [-0.2, 0) is 24.0 Å². The number of amides is 3. The van der Waals surface area contributed by atoms with Crippen LogP contribution in [0, 0.1) is 17.0 Å². The Balaban J connectivity index is 1.45. The number of rotatable bonds is 6. The minimum Gasteiger partial charge on any atom is -0.480 e. The molecule has 0 aromatic heterocycles. The van der Waals surface area contributed by atoms with E-state index in [0.717, 1.165) is 22.1 Å². The number of carboxylic acid groups (broad SMARTS) is 1. The molecule has 1 saturated carbocycles. The predicted molar refractivity (Wildman–Crippen MR) is 112 cm³/mol. The number of benzene rings is 1. The number of anilines is 2. The smallest absolute Gasteiger partial charge is 0.414 e. The number of carboxylic acids is 1. The molecule has 4 rings (SSSR count). The van der Waals surface area contributed by atoms with Crippen LogP contribution in [0.2, 0.25) is 0 Å². The fraction of sp³-hybridized carbons (Fsp3) is 0.524. The van der Waals surface area contributed by atoms with Crippen molar-refractivity contribution in [3.63, 3.8) is 0 Å². The number of hydrogen-bond donors (Lipinski definition) is 2. The highest BCUT2D eigenvalue weighted by Gasteiger charge is 2.59. The van der Waals surface area contributed by atoms with Gasteiger partial charge < -0.3 is 20.1 Å². The molecule has 13 heteroatoms. The van der Waals surface area contributed by atoms with Crippen molar-refractivity contribution in [3.8, 4) is 0 Å². The average molecular weight is 482 g/mol. The van der Waals surface area contributed by atoms with Crippen LogP contribution in [0.3, 0.4) is 0 Å². The minimum atomic E-state index is -1.48. The molecule has 0 spiro atoms. The molecule has 2 N–H and O–H groups in total. The standard InChI is InChI=1S/C21H24F2N4O7/c1-12(28)24-10-14-11-26(20(32)34-14)13-8-15(22)17(16(23)9-13)25-4-5-27(33-7-6-25)18(29)21(2-3-21)19(30)31/h8-9,14H,2-7,10-11H2,1H3,(H,24,28)(H,30,31)/t14-/m0/s1. The van der Waals surface area contributed by atoms with E-state index in [2.05, 4.69) is 5.32 Å². The summed E-state index contributed by atoms with van der Waals surface area (Å²) in [4.78, 5) is 55.0. The Bertz CT molecular complexity index is 1010. The van der Waals surface area contributed by atoms with E-state index in [1.165, 1.54) is 11.8 Å². The minimum absolute atomic E-state index is 0.0112. The molecule has 2 heterocycles. The zero-order valence-electron chi connectivity index (χ0n) is 18.4. The summed E-state index contributed by atoms with van der Waals surface area (Å²) in [6.45, 7) is 1.32. The van der Waals surface area contributed by atoms with Crippen LogP contribution in [-0.4, -0.2) is 79.5 Å². The maximum atomic E-state index is 15.0. The molecular formula is C21H24F2N4O7. The summed E-state index contributed by atoms with van der Waals surface area (Å²) < 4.78 is 35.1. The van der Waals surface area contributed by atoms with E-state index < -0.39 is 41.1 Å². The molecule has 2 aliphatic heterocycles. The van der Waals surface area contributed by atoms with Gasteiger partial charge in [-0.05, 0) is 12.8 Å². The highest BCUT2D eigenvalue weighted by molar-refractivity contribution is 6.04. The van der Waals surface area contributed by atoms with Gasteiger partial charge in [0.15, 0.2) is 11.6 Å². The van der Waals surface area contributed by atoms with Gasteiger partial charge in [-0.1, -0.05) is 0 Å². The summed E-state index contributed by atoms with van der Waals surface area (Å²) in [7, 11) is 0. The van der Waals surface area contributed by atoms with Gasteiger partial charge in [0.2, 0.25) is 5.91 Å². The first-order chi connectivity index (χ1) is 16.1. The lowest BCUT2D eigenvalue weighted by molar-refractivity contribution is -0.191. The van der Waals surface area contributed by atoms with Crippen LogP contribution in [0.15, 0.2) is 12.1 Å². The van der Waals surface area contributed by atoms with Crippen LogP contribution in [0.25, 0.3) is 0 Å². The molecule has 1 atom stereocenters. The second-order valence-electron chi connectivity index (χ2n) is 8.43. The molecular weight excluding hydrogens is 458 g/mol. The number of hydroxylamine groups is 2. The van der Waals surface area contributed by atoms with E-state index >= 15 is 8.78 Å². The molecule has 11 nitrogen and oxygen atoms in total. The fourth-order valence-electron chi connectivity index (χ4n) is 4.02. The van der Waals surface area contributed by atoms with Crippen molar-refractivity contribution in [1.82, 2.24) is 10.4 Å². The largest absolute Gasteiger partial charge is 0.480 e. The molecule has 3 amide bonds. The molecule has 34 heavy (non-hydrogen) atoms. The van der Waals surface area contributed by atoms with Gasteiger partial charge in [0.25, 0.3) is 5.91 Å². The third-order valence-electron chi connectivity index (χ3n) is 6.06. The first-order valence-corrected chi connectivity index (χ1v) is 10.8. The second kappa shape index (κ2) is 9.05. The number of nitrogens with zero attached hydrogens (tertiary/aromatic N) is 3. The quantitative estimate of drug-likeness (QED) is 0.572. The van der Waals surface area contributed by atoms with Gasteiger partial charge in [0.05, 0.1) is 31.9 Å². The number of halogens is 2. The summed E-state index contributed by atoms with van der Waals surface area (Å²) in [5.41, 5.74) is -1.85. The van der Waals surface area contributed by atoms with Crippen molar-refractivity contribution in [3.05, 3.63) is 23.8 Å². The molecule has 1 aromatic rings. The zero-order valence-corrected chi connectivity index (χ0v) is 18.4. The van der Waals surface area contributed by atoms with E-state index in [9.17, 15) is 24.3 Å². The van der Waals surface area contributed by atoms with Crippen molar-refractivity contribution in [2.24, 2.45) is 5.41 Å². The number of hydrogen-bond acceptors (Lipinski definition) is 7. The Morgan fingerprint density at radius 1 is 1.18 bits per heavy atom.